The summed E-state index contributed by atoms with van der Waals surface area (Å²) in [5.74, 6) is 0.315. The van der Waals surface area contributed by atoms with E-state index in [-0.39, 0.29) is 5.91 Å². The number of carbonyl (C=O) groups is 1. The van der Waals surface area contributed by atoms with Gasteiger partial charge >= 0.3 is 0 Å². The molecular formula is C19H17N3O2. The van der Waals surface area contributed by atoms with Crippen molar-refractivity contribution in [2.24, 2.45) is 0 Å². The summed E-state index contributed by atoms with van der Waals surface area (Å²) < 4.78 is 5.01. The number of hydrogen-bond acceptors (Lipinski definition) is 4. The Morgan fingerprint density at radius 1 is 1.00 bits per heavy atom. The first-order chi connectivity index (χ1) is 11.7. The van der Waals surface area contributed by atoms with Gasteiger partial charge in [0, 0.05) is 22.9 Å². The minimum Gasteiger partial charge on any atom is -0.480 e. The van der Waals surface area contributed by atoms with Crippen LogP contribution < -0.4 is 10.1 Å². The summed E-state index contributed by atoms with van der Waals surface area (Å²) >= 11 is 0. The van der Waals surface area contributed by atoms with Gasteiger partial charge in [-0.05, 0) is 37.3 Å². The van der Waals surface area contributed by atoms with Gasteiger partial charge in [0.1, 0.15) is 0 Å². The number of carbonyl (C=O) groups excluding carboxylic acids is 1. The highest BCUT2D eigenvalue weighted by molar-refractivity contribution is 6.04. The van der Waals surface area contributed by atoms with Gasteiger partial charge in [0.15, 0.2) is 0 Å². The Hall–Kier alpha value is -3.21. The summed E-state index contributed by atoms with van der Waals surface area (Å²) in [6.07, 6.45) is 0. The van der Waals surface area contributed by atoms with Crippen LogP contribution in [0.25, 0.3) is 11.3 Å². The standard InChI is InChI=1S/C19H17N3O2/c1-13-6-8-14(9-7-13)19(23)20-16-5-3-4-15(12-16)17-10-11-18(24-2)22-21-17/h3-12H,1-2H3,(H,20,23). The quantitative estimate of drug-likeness (QED) is 0.796. The molecule has 0 unspecified atom stereocenters. The van der Waals surface area contributed by atoms with Crippen molar-refractivity contribution in [1.29, 1.82) is 0 Å². The molecule has 0 radical (unpaired) electrons. The fourth-order valence-corrected chi connectivity index (χ4v) is 2.25. The zero-order valence-electron chi connectivity index (χ0n) is 13.5. The van der Waals surface area contributed by atoms with E-state index in [9.17, 15) is 4.79 Å². The monoisotopic (exact) mass is 319 g/mol. The van der Waals surface area contributed by atoms with Gasteiger partial charge in [0.2, 0.25) is 5.88 Å². The highest BCUT2D eigenvalue weighted by Crippen LogP contribution is 2.21. The molecule has 0 spiro atoms. The molecule has 3 rings (SSSR count). The van der Waals surface area contributed by atoms with Gasteiger partial charge in [-0.15, -0.1) is 10.2 Å². The largest absolute Gasteiger partial charge is 0.480 e. The molecule has 1 aromatic heterocycles. The number of nitrogens with one attached hydrogen (secondary N) is 1. The van der Waals surface area contributed by atoms with Crippen molar-refractivity contribution in [1.82, 2.24) is 10.2 Å². The predicted molar refractivity (Wildman–Crippen MR) is 93.2 cm³/mol. The first kappa shape index (κ1) is 15.7. The van der Waals surface area contributed by atoms with E-state index in [1.807, 2.05) is 61.5 Å². The van der Waals surface area contributed by atoms with E-state index >= 15 is 0 Å². The number of nitrogens with zero attached hydrogens (tertiary/aromatic N) is 2. The Morgan fingerprint density at radius 3 is 2.46 bits per heavy atom. The Balaban J connectivity index is 1.79. The van der Waals surface area contributed by atoms with Crippen LogP contribution in [-0.4, -0.2) is 23.2 Å². The Labute approximate surface area is 140 Å². The maximum atomic E-state index is 12.3. The van der Waals surface area contributed by atoms with Crippen LogP contribution in [0.1, 0.15) is 15.9 Å². The molecule has 1 heterocycles. The normalized spacial score (nSPS) is 10.2. The van der Waals surface area contributed by atoms with Crippen LogP contribution in [0.3, 0.4) is 0 Å². The summed E-state index contributed by atoms with van der Waals surface area (Å²) in [4.78, 5) is 12.3. The SMILES string of the molecule is COc1ccc(-c2cccc(NC(=O)c3ccc(C)cc3)c2)nn1. The number of rotatable bonds is 4. The van der Waals surface area contributed by atoms with Gasteiger partial charge in [0.05, 0.1) is 12.8 Å². The van der Waals surface area contributed by atoms with Gasteiger partial charge < -0.3 is 10.1 Å². The van der Waals surface area contributed by atoms with Crippen molar-refractivity contribution in [3.63, 3.8) is 0 Å². The number of amides is 1. The minimum absolute atomic E-state index is 0.145. The van der Waals surface area contributed by atoms with E-state index in [2.05, 4.69) is 15.5 Å². The summed E-state index contributed by atoms with van der Waals surface area (Å²) in [6.45, 7) is 1.99. The fraction of sp³-hybridized carbons (Fsp3) is 0.105. The molecule has 120 valence electrons. The third-order valence-electron chi connectivity index (χ3n) is 3.58. The van der Waals surface area contributed by atoms with E-state index in [1.165, 1.54) is 0 Å². The predicted octanol–water partition coefficient (Wildman–Crippen LogP) is 3.71. The number of hydrogen-bond donors (Lipinski definition) is 1. The Morgan fingerprint density at radius 2 is 1.79 bits per heavy atom. The zero-order valence-corrected chi connectivity index (χ0v) is 13.5. The van der Waals surface area contributed by atoms with E-state index < -0.39 is 0 Å². The summed E-state index contributed by atoms with van der Waals surface area (Å²) in [5.41, 5.74) is 4.02. The third-order valence-corrected chi connectivity index (χ3v) is 3.58. The van der Waals surface area contributed by atoms with Crippen LogP contribution in [0.4, 0.5) is 5.69 Å². The first-order valence-corrected chi connectivity index (χ1v) is 7.52. The molecule has 1 amide bonds. The number of methoxy groups -OCH3 is 1. The lowest BCUT2D eigenvalue weighted by molar-refractivity contribution is 0.102. The second-order valence-electron chi connectivity index (χ2n) is 5.36. The minimum atomic E-state index is -0.145. The average molecular weight is 319 g/mol. The topological polar surface area (TPSA) is 64.1 Å². The first-order valence-electron chi connectivity index (χ1n) is 7.52. The van der Waals surface area contributed by atoms with E-state index in [0.29, 0.717) is 22.8 Å². The van der Waals surface area contributed by atoms with E-state index in [4.69, 9.17) is 4.74 Å². The molecule has 2 aromatic carbocycles. The van der Waals surface area contributed by atoms with Gasteiger partial charge in [-0.1, -0.05) is 29.8 Å². The molecule has 0 aliphatic heterocycles. The smallest absolute Gasteiger partial charge is 0.255 e. The van der Waals surface area contributed by atoms with Crippen LogP contribution in [0.15, 0.2) is 60.7 Å². The molecule has 0 aliphatic rings. The highest BCUT2D eigenvalue weighted by atomic mass is 16.5. The molecule has 3 aromatic rings. The summed E-state index contributed by atoms with van der Waals surface area (Å²) in [7, 11) is 1.55. The van der Waals surface area contributed by atoms with Gasteiger partial charge in [-0.25, -0.2) is 0 Å². The third kappa shape index (κ3) is 3.57. The second-order valence-corrected chi connectivity index (χ2v) is 5.36. The number of aryl methyl sites for hydroxylation is 1. The molecule has 5 nitrogen and oxygen atoms in total. The summed E-state index contributed by atoms with van der Waals surface area (Å²) in [5, 5.41) is 11.0. The number of benzene rings is 2. The van der Waals surface area contributed by atoms with E-state index in [1.54, 1.807) is 13.2 Å². The maximum absolute atomic E-state index is 12.3. The van der Waals surface area contributed by atoms with Crippen molar-refractivity contribution in [2.75, 3.05) is 12.4 Å². The van der Waals surface area contributed by atoms with Gasteiger partial charge in [-0.2, -0.15) is 0 Å². The molecule has 0 atom stereocenters. The zero-order chi connectivity index (χ0) is 16.9. The Bertz CT molecular complexity index is 843. The van der Waals surface area contributed by atoms with Crippen LogP contribution in [0, 0.1) is 6.92 Å². The number of anilines is 1. The molecule has 0 bridgehead atoms. The molecule has 1 N–H and O–H groups in total. The van der Waals surface area contributed by atoms with Crippen molar-refractivity contribution >= 4 is 11.6 Å². The Kier molecular flexibility index (Phi) is 4.52. The van der Waals surface area contributed by atoms with Crippen molar-refractivity contribution in [2.45, 2.75) is 6.92 Å². The number of ether oxygens (including phenoxy) is 1. The molecule has 0 fully saturated rings. The van der Waals surface area contributed by atoms with Crippen molar-refractivity contribution in [3.05, 3.63) is 71.8 Å². The summed E-state index contributed by atoms with van der Waals surface area (Å²) in [6, 6.07) is 18.5. The van der Waals surface area contributed by atoms with Crippen molar-refractivity contribution in [3.8, 4) is 17.1 Å². The molecule has 0 aliphatic carbocycles. The van der Waals surface area contributed by atoms with Gasteiger partial charge in [-0.3, -0.25) is 4.79 Å². The van der Waals surface area contributed by atoms with Crippen LogP contribution in [0.2, 0.25) is 0 Å². The molecule has 5 heteroatoms. The maximum Gasteiger partial charge on any atom is 0.255 e. The van der Waals surface area contributed by atoms with Crippen LogP contribution in [0.5, 0.6) is 5.88 Å². The number of aromatic nitrogens is 2. The highest BCUT2D eigenvalue weighted by Gasteiger charge is 2.07. The molecule has 24 heavy (non-hydrogen) atoms. The lowest BCUT2D eigenvalue weighted by atomic mass is 10.1. The molecule has 0 saturated heterocycles. The fourth-order valence-electron chi connectivity index (χ4n) is 2.25. The van der Waals surface area contributed by atoms with Gasteiger partial charge in [0.25, 0.3) is 5.91 Å². The molecular weight excluding hydrogens is 302 g/mol. The lowest BCUT2D eigenvalue weighted by Gasteiger charge is -2.08. The van der Waals surface area contributed by atoms with Crippen LogP contribution in [-0.2, 0) is 0 Å². The average Bonchev–Trinajstić information content (AvgIpc) is 2.62. The van der Waals surface area contributed by atoms with Crippen molar-refractivity contribution < 1.29 is 9.53 Å². The molecule has 0 saturated carbocycles. The lowest BCUT2D eigenvalue weighted by Crippen LogP contribution is -2.11. The van der Waals surface area contributed by atoms with E-state index in [0.717, 1.165) is 11.1 Å². The van der Waals surface area contributed by atoms with Crippen LogP contribution >= 0.6 is 0 Å². The second kappa shape index (κ2) is 6.91.